The maximum Gasteiger partial charge on any atom is 0.225 e. The number of likely N-dealkylation sites (tertiary alicyclic amines) is 1. The second kappa shape index (κ2) is 5.22. The molecule has 1 rings (SSSR count). The molecule has 3 heteroatoms. The van der Waals surface area contributed by atoms with E-state index in [9.17, 15) is 9.90 Å². The lowest BCUT2D eigenvalue weighted by molar-refractivity contribution is -0.127. The molecule has 0 radical (unpaired) electrons. The zero-order chi connectivity index (χ0) is 9.68. The molecule has 0 saturated carbocycles. The first kappa shape index (κ1) is 10.5. The first-order valence-electron chi connectivity index (χ1n) is 5.20. The third-order valence-electron chi connectivity index (χ3n) is 2.48. The average molecular weight is 185 g/mol. The minimum Gasteiger partial charge on any atom is -0.391 e. The van der Waals surface area contributed by atoms with E-state index in [0.717, 1.165) is 13.0 Å². The van der Waals surface area contributed by atoms with Crippen LogP contribution in [0.2, 0.25) is 0 Å². The standard InChI is InChI=1S/C10H19NO2/c1-2-3-4-5-6-11-8-9(12)7-10(11)13/h9,12H,2-8H2,1H3. The molecule has 1 aliphatic heterocycles. The fraction of sp³-hybridized carbons (Fsp3) is 0.900. The number of amides is 1. The second-order valence-electron chi connectivity index (χ2n) is 3.76. The average Bonchev–Trinajstić information content (AvgIpc) is 2.39. The Morgan fingerprint density at radius 1 is 1.46 bits per heavy atom. The molecule has 1 aliphatic rings. The Hall–Kier alpha value is -0.570. The quantitative estimate of drug-likeness (QED) is 0.653. The molecule has 1 heterocycles. The summed E-state index contributed by atoms with van der Waals surface area (Å²) in [5, 5.41) is 9.21. The van der Waals surface area contributed by atoms with Crippen LogP contribution in [0.25, 0.3) is 0 Å². The zero-order valence-corrected chi connectivity index (χ0v) is 8.33. The molecule has 1 N–H and O–H groups in total. The molecule has 1 saturated heterocycles. The van der Waals surface area contributed by atoms with Gasteiger partial charge in [0.2, 0.25) is 5.91 Å². The minimum atomic E-state index is -0.418. The molecule has 1 amide bonds. The van der Waals surface area contributed by atoms with E-state index < -0.39 is 6.10 Å². The first-order valence-corrected chi connectivity index (χ1v) is 5.20. The van der Waals surface area contributed by atoms with Crippen molar-refractivity contribution in [3.63, 3.8) is 0 Å². The molecule has 0 aromatic carbocycles. The fourth-order valence-electron chi connectivity index (χ4n) is 1.70. The van der Waals surface area contributed by atoms with Crippen LogP contribution in [0.1, 0.15) is 39.0 Å². The minimum absolute atomic E-state index is 0.115. The predicted octanol–water partition coefficient (Wildman–Crippen LogP) is 1.16. The van der Waals surface area contributed by atoms with E-state index in [1.54, 1.807) is 4.90 Å². The normalized spacial score (nSPS) is 22.8. The van der Waals surface area contributed by atoms with Gasteiger partial charge in [0.1, 0.15) is 0 Å². The molecule has 1 fully saturated rings. The number of carbonyl (C=O) groups is 1. The number of rotatable bonds is 5. The highest BCUT2D eigenvalue weighted by Gasteiger charge is 2.26. The summed E-state index contributed by atoms with van der Waals surface area (Å²) in [5.41, 5.74) is 0. The van der Waals surface area contributed by atoms with Gasteiger partial charge < -0.3 is 10.0 Å². The van der Waals surface area contributed by atoms with Crippen molar-refractivity contribution in [3.8, 4) is 0 Å². The lowest BCUT2D eigenvalue weighted by Crippen LogP contribution is -2.26. The van der Waals surface area contributed by atoms with Gasteiger partial charge >= 0.3 is 0 Å². The Balaban J connectivity index is 2.11. The number of aliphatic hydroxyl groups excluding tert-OH is 1. The molecule has 0 spiro atoms. The van der Waals surface area contributed by atoms with Crippen LogP contribution in [0.5, 0.6) is 0 Å². The van der Waals surface area contributed by atoms with Gasteiger partial charge in [0.05, 0.1) is 12.5 Å². The van der Waals surface area contributed by atoms with E-state index in [1.807, 2.05) is 0 Å². The van der Waals surface area contributed by atoms with E-state index in [0.29, 0.717) is 13.0 Å². The second-order valence-corrected chi connectivity index (χ2v) is 3.76. The monoisotopic (exact) mass is 185 g/mol. The molecule has 0 aliphatic carbocycles. The highest BCUT2D eigenvalue weighted by Crippen LogP contribution is 2.12. The molecule has 3 nitrogen and oxygen atoms in total. The summed E-state index contributed by atoms with van der Waals surface area (Å²) < 4.78 is 0. The summed E-state index contributed by atoms with van der Waals surface area (Å²) >= 11 is 0. The van der Waals surface area contributed by atoms with E-state index >= 15 is 0 Å². The van der Waals surface area contributed by atoms with Crippen molar-refractivity contribution in [2.75, 3.05) is 13.1 Å². The fourth-order valence-corrected chi connectivity index (χ4v) is 1.70. The Bertz CT molecular complexity index is 170. The van der Waals surface area contributed by atoms with Crippen LogP contribution < -0.4 is 0 Å². The molecule has 1 unspecified atom stereocenters. The van der Waals surface area contributed by atoms with E-state index in [4.69, 9.17) is 0 Å². The van der Waals surface area contributed by atoms with Crippen molar-refractivity contribution in [2.24, 2.45) is 0 Å². The zero-order valence-electron chi connectivity index (χ0n) is 8.33. The maximum absolute atomic E-state index is 11.2. The van der Waals surface area contributed by atoms with Crippen LogP contribution in [-0.4, -0.2) is 35.1 Å². The van der Waals surface area contributed by atoms with Crippen molar-refractivity contribution in [2.45, 2.75) is 45.1 Å². The number of carbonyl (C=O) groups excluding carboxylic acids is 1. The summed E-state index contributed by atoms with van der Waals surface area (Å²) in [4.78, 5) is 13.0. The van der Waals surface area contributed by atoms with Crippen LogP contribution >= 0.6 is 0 Å². The van der Waals surface area contributed by atoms with Gasteiger partial charge in [0, 0.05) is 13.1 Å². The Morgan fingerprint density at radius 3 is 2.77 bits per heavy atom. The molecular formula is C10H19NO2. The highest BCUT2D eigenvalue weighted by molar-refractivity contribution is 5.78. The SMILES string of the molecule is CCCCCCN1CC(O)CC1=O. The Kier molecular flexibility index (Phi) is 4.22. The number of aliphatic hydroxyl groups is 1. The van der Waals surface area contributed by atoms with Gasteiger partial charge in [-0.05, 0) is 6.42 Å². The maximum atomic E-state index is 11.2. The van der Waals surface area contributed by atoms with Crippen molar-refractivity contribution in [1.82, 2.24) is 4.90 Å². The Labute approximate surface area is 79.7 Å². The molecule has 13 heavy (non-hydrogen) atoms. The smallest absolute Gasteiger partial charge is 0.225 e. The van der Waals surface area contributed by atoms with Crippen LogP contribution in [0.3, 0.4) is 0 Å². The largest absolute Gasteiger partial charge is 0.391 e. The third-order valence-corrected chi connectivity index (χ3v) is 2.48. The molecule has 0 aromatic rings. The predicted molar refractivity (Wildman–Crippen MR) is 51.3 cm³/mol. The number of β-amino-alcohol motifs (C(OH)–C–C–N with tert-alkyl or cyclic N) is 1. The molecule has 0 aromatic heterocycles. The van der Waals surface area contributed by atoms with Crippen molar-refractivity contribution < 1.29 is 9.90 Å². The topological polar surface area (TPSA) is 40.5 Å². The van der Waals surface area contributed by atoms with Crippen LogP contribution in [0.15, 0.2) is 0 Å². The highest BCUT2D eigenvalue weighted by atomic mass is 16.3. The summed E-state index contributed by atoms with van der Waals surface area (Å²) in [6, 6.07) is 0. The van der Waals surface area contributed by atoms with Gasteiger partial charge in [0.25, 0.3) is 0 Å². The number of hydrogen-bond acceptors (Lipinski definition) is 2. The molecule has 0 bridgehead atoms. The third kappa shape index (κ3) is 3.35. The summed E-state index contributed by atoms with van der Waals surface area (Å²) in [6.07, 6.45) is 4.64. The van der Waals surface area contributed by atoms with Gasteiger partial charge in [-0.2, -0.15) is 0 Å². The number of unbranched alkanes of at least 4 members (excludes halogenated alkanes) is 3. The van der Waals surface area contributed by atoms with Gasteiger partial charge in [-0.25, -0.2) is 0 Å². The van der Waals surface area contributed by atoms with Gasteiger partial charge in [-0.3, -0.25) is 4.79 Å². The number of hydrogen-bond donors (Lipinski definition) is 1. The van der Waals surface area contributed by atoms with Crippen LogP contribution in [0, 0.1) is 0 Å². The first-order chi connectivity index (χ1) is 6.24. The van der Waals surface area contributed by atoms with Crippen molar-refractivity contribution >= 4 is 5.91 Å². The summed E-state index contributed by atoms with van der Waals surface area (Å²) in [7, 11) is 0. The summed E-state index contributed by atoms with van der Waals surface area (Å²) in [6.45, 7) is 3.55. The molecule has 1 atom stereocenters. The molecular weight excluding hydrogens is 166 g/mol. The van der Waals surface area contributed by atoms with E-state index in [-0.39, 0.29) is 5.91 Å². The van der Waals surface area contributed by atoms with Gasteiger partial charge in [-0.1, -0.05) is 26.2 Å². The Morgan fingerprint density at radius 2 is 2.23 bits per heavy atom. The van der Waals surface area contributed by atoms with Gasteiger partial charge in [-0.15, -0.1) is 0 Å². The lowest BCUT2D eigenvalue weighted by Gasteiger charge is -2.14. The van der Waals surface area contributed by atoms with Gasteiger partial charge in [0.15, 0.2) is 0 Å². The number of nitrogens with zero attached hydrogens (tertiary/aromatic N) is 1. The molecule has 76 valence electrons. The van der Waals surface area contributed by atoms with Crippen LogP contribution in [-0.2, 0) is 4.79 Å². The van der Waals surface area contributed by atoms with E-state index in [1.165, 1.54) is 19.3 Å². The van der Waals surface area contributed by atoms with Crippen molar-refractivity contribution in [1.29, 1.82) is 0 Å². The van der Waals surface area contributed by atoms with Crippen molar-refractivity contribution in [3.05, 3.63) is 0 Å². The van der Waals surface area contributed by atoms with E-state index in [2.05, 4.69) is 6.92 Å². The lowest BCUT2D eigenvalue weighted by atomic mass is 10.2. The summed E-state index contributed by atoms with van der Waals surface area (Å²) in [5.74, 6) is 0.115. The van der Waals surface area contributed by atoms with Crippen LogP contribution in [0.4, 0.5) is 0 Å².